The molecule has 1 aromatic heterocycles. The molecule has 0 radical (unpaired) electrons. The Kier molecular flexibility index (Phi) is 2.58. The summed E-state index contributed by atoms with van der Waals surface area (Å²) in [6, 6.07) is 6.62. The number of benzene rings is 1. The highest BCUT2D eigenvalue weighted by Gasteiger charge is 2.28. The number of aromatic nitrogens is 1. The third kappa shape index (κ3) is 2.00. The molecule has 2 aromatic rings. The Bertz CT molecular complexity index is 549. The number of hydrogen-bond acceptors (Lipinski definition) is 2. The Morgan fingerprint density at radius 2 is 2.00 bits per heavy atom. The van der Waals surface area contributed by atoms with Crippen LogP contribution in [0.5, 0.6) is 0 Å². The summed E-state index contributed by atoms with van der Waals surface area (Å²) in [5, 5.41) is 0.647. The van der Waals surface area contributed by atoms with Crippen molar-refractivity contribution in [2.75, 3.05) is 5.73 Å². The van der Waals surface area contributed by atoms with Gasteiger partial charge in [0.25, 0.3) is 5.92 Å². The van der Waals surface area contributed by atoms with Gasteiger partial charge in [0.1, 0.15) is 5.82 Å². The summed E-state index contributed by atoms with van der Waals surface area (Å²) in [5.41, 5.74) is 5.88. The Labute approximate surface area is 99.6 Å². The van der Waals surface area contributed by atoms with Crippen LogP contribution in [-0.4, -0.2) is 4.98 Å². The lowest BCUT2D eigenvalue weighted by atomic mass is 10.1. The van der Waals surface area contributed by atoms with E-state index in [1.807, 2.05) is 0 Å². The van der Waals surface area contributed by atoms with Crippen molar-refractivity contribution in [1.29, 1.82) is 0 Å². The summed E-state index contributed by atoms with van der Waals surface area (Å²) in [4.78, 5) is 3.97. The standard InChI is InChI=1S/C11H9BrF2N2/c1-11(13,14)8-4-6-2-3-7(12)5-9(6)16-10(8)15/h2-5H,1H3,(H2,15,16). The molecule has 0 spiro atoms. The van der Waals surface area contributed by atoms with Gasteiger partial charge in [0.15, 0.2) is 0 Å². The van der Waals surface area contributed by atoms with Gasteiger partial charge in [0, 0.05) is 16.8 Å². The number of halogens is 3. The van der Waals surface area contributed by atoms with Gasteiger partial charge in [-0.05, 0) is 18.2 Å². The average molecular weight is 287 g/mol. The summed E-state index contributed by atoms with van der Waals surface area (Å²) in [7, 11) is 0. The lowest BCUT2D eigenvalue weighted by Gasteiger charge is -2.13. The van der Waals surface area contributed by atoms with Crippen LogP contribution in [0, 0.1) is 0 Å². The number of hydrogen-bond donors (Lipinski definition) is 1. The normalized spacial score (nSPS) is 12.0. The number of nitrogen functional groups attached to an aromatic ring is 1. The SMILES string of the molecule is CC(F)(F)c1cc2ccc(Br)cc2nc1N. The lowest BCUT2D eigenvalue weighted by molar-refractivity contribution is 0.0182. The molecule has 0 aliphatic rings. The maximum Gasteiger partial charge on any atom is 0.274 e. The van der Waals surface area contributed by atoms with Gasteiger partial charge in [-0.1, -0.05) is 22.0 Å². The van der Waals surface area contributed by atoms with Gasteiger partial charge < -0.3 is 5.73 Å². The van der Waals surface area contributed by atoms with Crippen LogP contribution < -0.4 is 5.73 Å². The fourth-order valence-corrected chi connectivity index (χ4v) is 1.86. The monoisotopic (exact) mass is 286 g/mol. The van der Waals surface area contributed by atoms with Gasteiger partial charge in [-0.25, -0.2) is 13.8 Å². The third-order valence-electron chi connectivity index (χ3n) is 2.28. The molecule has 16 heavy (non-hydrogen) atoms. The van der Waals surface area contributed by atoms with E-state index in [0.29, 0.717) is 10.9 Å². The molecule has 1 aromatic carbocycles. The minimum atomic E-state index is -2.97. The molecule has 2 N–H and O–H groups in total. The first-order valence-corrected chi connectivity index (χ1v) is 5.41. The van der Waals surface area contributed by atoms with Crippen LogP contribution in [0.25, 0.3) is 10.9 Å². The number of nitrogens with zero attached hydrogens (tertiary/aromatic N) is 1. The lowest BCUT2D eigenvalue weighted by Crippen LogP contribution is -2.11. The smallest absolute Gasteiger partial charge is 0.274 e. The van der Waals surface area contributed by atoms with E-state index in [9.17, 15) is 8.78 Å². The van der Waals surface area contributed by atoms with E-state index in [1.54, 1.807) is 18.2 Å². The number of alkyl halides is 2. The van der Waals surface area contributed by atoms with E-state index >= 15 is 0 Å². The van der Waals surface area contributed by atoms with Crippen molar-refractivity contribution in [3.63, 3.8) is 0 Å². The van der Waals surface area contributed by atoms with Crippen molar-refractivity contribution >= 4 is 32.7 Å². The Morgan fingerprint density at radius 1 is 1.31 bits per heavy atom. The van der Waals surface area contributed by atoms with Gasteiger partial charge >= 0.3 is 0 Å². The first-order chi connectivity index (χ1) is 7.38. The fraction of sp³-hybridized carbons (Fsp3) is 0.182. The zero-order valence-electron chi connectivity index (χ0n) is 8.47. The zero-order valence-corrected chi connectivity index (χ0v) is 10.1. The fourth-order valence-electron chi connectivity index (χ4n) is 1.51. The van der Waals surface area contributed by atoms with Crippen LogP contribution in [0.2, 0.25) is 0 Å². The van der Waals surface area contributed by atoms with Gasteiger partial charge in [-0.2, -0.15) is 0 Å². The largest absolute Gasteiger partial charge is 0.383 e. The van der Waals surface area contributed by atoms with Crippen LogP contribution in [-0.2, 0) is 5.92 Å². The van der Waals surface area contributed by atoms with Crippen LogP contribution >= 0.6 is 15.9 Å². The number of pyridine rings is 1. The molecule has 0 aliphatic carbocycles. The van der Waals surface area contributed by atoms with Crippen LogP contribution in [0.3, 0.4) is 0 Å². The number of fused-ring (bicyclic) bond motifs is 1. The summed E-state index contributed by atoms with van der Waals surface area (Å²) in [6.45, 7) is 0.811. The predicted octanol–water partition coefficient (Wildman–Crippen LogP) is 3.69. The second-order valence-corrected chi connectivity index (χ2v) is 4.56. The second-order valence-electron chi connectivity index (χ2n) is 3.65. The van der Waals surface area contributed by atoms with E-state index in [1.165, 1.54) is 6.07 Å². The minimum absolute atomic E-state index is 0.127. The molecule has 0 bridgehead atoms. The highest BCUT2D eigenvalue weighted by molar-refractivity contribution is 9.10. The molecule has 84 valence electrons. The molecule has 2 nitrogen and oxygen atoms in total. The summed E-state index contributed by atoms with van der Waals surface area (Å²) in [6.07, 6.45) is 0. The molecule has 5 heteroatoms. The molecule has 0 amide bonds. The molecule has 0 aliphatic heterocycles. The van der Waals surface area contributed by atoms with Gasteiger partial charge in [-0.15, -0.1) is 0 Å². The number of rotatable bonds is 1. The molecule has 1 heterocycles. The Morgan fingerprint density at radius 3 is 2.62 bits per heavy atom. The third-order valence-corrected chi connectivity index (χ3v) is 2.78. The van der Waals surface area contributed by atoms with Crippen molar-refractivity contribution in [2.24, 2.45) is 0 Å². The summed E-state index contributed by atoms with van der Waals surface area (Å²) < 4.78 is 27.2. The van der Waals surface area contributed by atoms with E-state index in [-0.39, 0.29) is 11.4 Å². The Hall–Kier alpha value is -1.23. The predicted molar refractivity (Wildman–Crippen MR) is 63.4 cm³/mol. The first kappa shape index (κ1) is 11.3. The first-order valence-electron chi connectivity index (χ1n) is 4.62. The molecular weight excluding hydrogens is 278 g/mol. The molecule has 0 saturated carbocycles. The van der Waals surface area contributed by atoms with Crippen LogP contribution in [0.15, 0.2) is 28.7 Å². The Balaban J connectivity index is 2.72. The van der Waals surface area contributed by atoms with Crippen molar-refractivity contribution in [3.8, 4) is 0 Å². The molecule has 0 fully saturated rings. The van der Waals surface area contributed by atoms with Gasteiger partial charge in [0.2, 0.25) is 0 Å². The highest BCUT2D eigenvalue weighted by atomic mass is 79.9. The maximum atomic E-state index is 13.2. The highest BCUT2D eigenvalue weighted by Crippen LogP contribution is 2.33. The van der Waals surface area contributed by atoms with E-state index < -0.39 is 5.92 Å². The van der Waals surface area contributed by atoms with Crippen molar-refractivity contribution in [3.05, 3.63) is 34.3 Å². The zero-order chi connectivity index (χ0) is 11.9. The van der Waals surface area contributed by atoms with Crippen LogP contribution in [0.1, 0.15) is 12.5 Å². The van der Waals surface area contributed by atoms with Gasteiger partial charge in [-0.3, -0.25) is 0 Å². The molecule has 0 saturated heterocycles. The minimum Gasteiger partial charge on any atom is -0.383 e. The molecule has 0 atom stereocenters. The van der Waals surface area contributed by atoms with Crippen molar-refractivity contribution < 1.29 is 8.78 Å². The second kappa shape index (κ2) is 3.66. The van der Waals surface area contributed by atoms with Crippen molar-refractivity contribution in [2.45, 2.75) is 12.8 Å². The quantitative estimate of drug-likeness (QED) is 0.868. The van der Waals surface area contributed by atoms with E-state index in [2.05, 4.69) is 20.9 Å². The molecule has 2 rings (SSSR count). The summed E-state index contributed by atoms with van der Waals surface area (Å²) in [5.74, 6) is -3.10. The number of anilines is 1. The van der Waals surface area contributed by atoms with Crippen molar-refractivity contribution in [1.82, 2.24) is 4.98 Å². The van der Waals surface area contributed by atoms with E-state index in [4.69, 9.17) is 5.73 Å². The maximum absolute atomic E-state index is 13.2. The number of nitrogens with two attached hydrogens (primary N) is 1. The molecular formula is C11H9BrF2N2. The van der Waals surface area contributed by atoms with Crippen LogP contribution in [0.4, 0.5) is 14.6 Å². The van der Waals surface area contributed by atoms with E-state index in [0.717, 1.165) is 11.4 Å². The molecule has 0 unspecified atom stereocenters. The summed E-state index contributed by atoms with van der Waals surface area (Å²) >= 11 is 3.29. The topological polar surface area (TPSA) is 38.9 Å². The van der Waals surface area contributed by atoms with Gasteiger partial charge in [0.05, 0.1) is 11.1 Å². The average Bonchev–Trinajstić information content (AvgIpc) is 2.14.